The second kappa shape index (κ2) is 8.81. The molecule has 0 amide bonds. The van der Waals surface area contributed by atoms with E-state index in [2.05, 4.69) is 10.4 Å². The standard InChI is InChI=1S/C21H12Cl2F9N5/c22-11-6-10(19(24,25)26)7-12(23)14(11)37-16(33)13-15(20(27,28)29)34-17(21(30,31)32)35-18(13,36-37)8-9-4-2-1-3-5-9/h1-7,33,36H,8H2,(H,34,35). The molecule has 5 nitrogen and oxygen atoms in total. The number of nitrogens with one attached hydrogen (secondary N) is 3. The molecule has 198 valence electrons. The number of rotatable bonds is 3. The third-order valence-corrected chi connectivity index (χ3v) is 5.97. The van der Waals surface area contributed by atoms with Crippen molar-refractivity contribution in [1.29, 1.82) is 5.41 Å². The fourth-order valence-electron chi connectivity index (χ4n) is 3.93. The summed E-state index contributed by atoms with van der Waals surface area (Å²) in [6.07, 6.45) is -16.3. The Hall–Kier alpha value is -2.97. The Morgan fingerprint density at radius 2 is 1.43 bits per heavy atom. The monoisotopic (exact) mass is 575 g/mol. The maximum absolute atomic E-state index is 14.0. The lowest BCUT2D eigenvalue weighted by atomic mass is 9.90. The highest BCUT2D eigenvalue weighted by molar-refractivity contribution is 6.40. The topological polar surface area (TPSA) is 63.5 Å². The third kappa shape index (κ3) is 4.97. The Balaban J connectivity index is 1.97. The van der Waals surface area contributed by atoms with Gasteiger partial charge >= 0.3 is 18.5 Å². The lowest BCUT2D eigenvalue weighted by molar-refractivity contribution is -0.137. The molecule has 1 unspecified atom stereocenters. The summed E-state index contributed by atoms with van der Waals surface area (Å²) in [6, 6.07) is 8.20. The van der Waals surface area contributed by atoms with Crippen molar-refractivity contribution in [2.45, 2.75) is 30.6 Å². The van der Waals surface area contributed by atoms with Gasteiger partial charge in [0.25, 0.3) is 0 Å². The van der Waals surface area contributed by atoms with Gasteiger partial charge in [0.1, 0.15) is 11.5 Å². The number of fused-ring (bicyclic) bond motifs is 1. The number of benzene rings is 2. The van der Waals surface area contributed by atoms with E-state index < -0.39 is 74.9 Å². The smallest absolute Gasteiger partial charge is 0.332 e. The fourth-order valence-corrected chi connectivity index (χ4v) is 4.58. The van der Waals surface area contributed by atoms with E-state index >= 15 is 0 Å². The zero-order chi connectivity index (χ0) is 27.6. The van der Waals surface area contributed by atoms with E-state index in [1.165, 1.54) is 29.6 Å². The summed E-state index contributed by atoms with van der Waals surface area (Å²) < 4.78 is 123. The highest BCUT2D eigenvalue weighted by atomic mass is 35.5. The first kappa shape index (κ1) is 27.1. The Kier molecular flexibility index (Phi) is 6.44. The van der Waals surface area contributed by atoms with Gasteiger partial charge in [0.15, 0.2) is 5.66 Å². The summed E-state index contributed by atoms with van der Waals surface area (Å²) in [4.78, 5) is 3.51. The number of aliphatic imine (C=N–C) groups is 1. The van der Waals surface area contributed by atoms with Crippen LogP contribution in [0.25, 0.3) is 0 Å². The van der Waals surface area contributed by atoms with Crippen LogP contribution in [-0.4, -0.2) is 29.7 Å². The molecular formula is C21H12Cl2F9N5. The second-order valence-electron chi connectivity index (χ2n) is 7.94. The predicted molar refractivity (Wildman–Crippen MR) is 117 cm³/mol. The van der Waals surface area contributed by atoms with Crippen molar-refractivity contribution >= 4 is 40.6 Å². The molecule has 2 aromatic carbocycles. The number of hydrogen-bond acceptors (Lipinski definition) is 4. The van der Waals surface area contributed by atoms with Crippen LogP contribution in [-0.2, 0) is 12.6 Å². The minimum atomic E-state index is -5.42. The molecular weight excluding hydrogens is 564 g/mol. The number of nitrogens with zero attached hydrogens (tertiary/aromatic N) is 2. The van der Waals surface area contributed by atoms with Crippen molar-refractivity contribution in [2.75, 3.05) is 5.01 Å². The van der Waals surface area contributed by atoms with E-state index in [1.807, 2.05) is 0 Å². The molecule has 37 heavy (non-hydrogen) atoms. The molecule has 2 aliphatic heterocycles. The first-order chi connectivity index (χ1) is 16.9. The molecule has 0 aromatic heterocycles. The second-order valence-corrected chi connectivity index (χ2v) is 8.75. The number of allylic oxidation sites excluding steroid dienone is 1. The summed E-state index contributed by atoms with van der Waals surface area (Å²) in [5.74, 6) is -3.07. The molecule has 1 saturated heterocycles. The maximum atomic E-state index is 14.0. The highest BCUT2D eigenvalue weighted by Gasteiger charge is 2.58. The van der Waals surface area contributed by atoms with Crippen LogP contribution in [0, 0.1) is 5.41 Å². The molecule has 16 heteroatoms. The Labute approximate surface area is 212 Å². The maximum Gasteiger partial charge on any atom is 0.449 e. The van der Waals surface area contributed by atoms with Gasteiger partial charge in [-0.2, -0.15) is 44.9 Å². The highest BCUT2D eigenvalue weighted by Crippen LogP contribution is 2.47. The van der Waals surface area contributed by atoms with E-state index in [1.54, 1.807) is 6.07 Å². The first-order valence-electron chi connectivity index (χ1n) is 9.97. The summed E-state index contributed by atoms with van der Waals surface area (Å²) in [6.45, 7) is 0. The molecule has 0 radical (unpaired) electrons. The molecule has 0 aliphatic carbocycles. The van der Waals surface area contributed by atoms with Crippen molar-refractivity contribution in [3.63, 3.8) is 0 Å². The van der Waals surface area contributed by atoms with Crippen LogP contribution in [0.5, 0.6) is 0 Å². The van der Waals surface area contributed by atoms with E-state index in [9.17, 15) is 39.5 Å². The van der Waals surface area contributed by atoms with Gasteiger partial charge in [-0.05, 0) is 17.7 Å². The van der Waals surface area contributed by atoms with Gasteiger partial charge in [0.2, 0.25) is 5.84 Å². The Bertz CT molecular complexity index is 1290. The molecule has 1 atom stereocenters. The van der Waals surface area contributed by atoms with Crippen LogP contribution in [0.2, 0.25) is 10.0 Å². The Morgan fingerprint density at radius 1 is 0.865 bits per heavy atom. The van der Waals surface area contributed by atoms with Crippen LogP contribution >= 0.6 is 23.2 Å². The SMILES string of the molecule is N=C1C2=C(C(F)(F)F)NC(C(F)(F)F)=NC2(Cc2ccccc2)NN1c1c(Cl)cc(C(F)(F)F)cc1Cl. The van der Waals surface area contributed by atoms with Gasteiger partial charge in [-0.3, -0.25) is 10.4 Å². The molecule has 4 rings (SSSR count). The molecule has 3 N–H and O–H groups in total. The zero-order valence-electron chi connectivity index (χ0n) is 17.8. The summed E-state index contributed by atoms with van der Waals surface area (Å²) in [7, 11) is 0. The number of amidine groups is 2. The van der Waals surface area contributed by atoms with Crippen LogP contribution in [0.1, 0.15) is 11.1 Å². The van der Waals surface area contributed by atoms with Crippen LogP contribution in [0.15, 0.2) is 58.7 Å². The summed E-state index contributed by atoms with van der Waals surface area (Å²) >= 11 is 12.0. The van der Waals surface area contributed by atoms with Gasteiger partial charge < -0.3 is 5.32 Å². The first-order valence-corrected chi connectivity index (χ1v) is 10.7. The number of alkyl halides is 9. The minimum Gasteiger partial charge on any atom is -0.332 e. The van der Waals surface area contributed by atoms with Crippen molar-refractivity contribution < 1.29 is 39.5 Å². The fraction of sp³-hybridized carbons (Fsp3) is 0.238. The summed E-state index contributed by atoms with van der Waals surface area (Å²) in [5.41, 5.74) is -4.82. The van der Waals surface area contributed by atoms with Gasteiger partial charge in [-0.15, -0.1) is 0 Å². The molecule has 2 aromatic rings. The zero-order valence-corrected chi connectivity index (χ0v) is 19.3. The lowest BCUT2D eigenvalue weighted by Crippen LogP contribution is -2.55. The molecule has 0 bridgehead atoms. The van der Waals surface area contributed by atoms with Crippen molar-refractivity contribution in [3.05, 3.63) is 74.9 Å². The van der Waals surface area contributed by atoms with E-state index in [0.717, 1.165) is 0 Å². The van der Waals surface area contributed by atoms with Crippen molar-refractivity contribution in [2.24, 2.45) is 4.99 Å². The number of halogens is 11. The van der Waals surface area contributed by atoms with Crippen molar-refractivity contribution in [1.82, 2.24) is 10.7 Å². The van der Waals surface area contributed by atoms with E-state index in [4.69, 9.17) is 28.6 Å². The number of hydrazine groups is 1. The number of hydrogen-bond donors (Lipinski definition) is 3. The molecule has 2 aliphatic rings. The normalized spacial score (nSPS) is 20.7. The average Bonchev–Trinajstić information content (AvgIpc) is 3.03. The molecule has 1 fully saturated rings. The van der Waals surface area contributed by atoms with Gasteiger partial charge in [0.05, 0.1) is 26.9 Å². The Morgan fingerprint density at radius 3 is 1.92 bits per heavy atom. The van der Waals surface area contributed by atoms with Gasteiger partial charge in [0, 0.05) is 6.42 Å². The predicted octanol–water partition coefficient (Wildman–Crippen LogP) is 6.63. The summed E-state index contributed by atoms with van der Waals surface area (Å²) in [5, 5.41) is 8.70. The molecule has 2 heterocycles. The van der Waals surface area contributed by atoms with Crippen LogP contribution in [0.3, 0.4) is 0 Å². The number of anilines is 1. The largest absolute Gasteiger partial charge is 0.449 e. The quantitative estimate of drug-likeness (QED) is 0.360. The van der Waals surface area contributed by atoms with E-state index in [0.29, 0.717) is 17.1 Å². The van der Waals surface area contributed by atoms with Crippen LogP contribution < -0.4 is 15.8 Å². The average molecular weight is 576 g/mol. The van der Waals surface area contributed by atoms with E-state index in [-0.39, 0.29) is 5.56 Å². The molecule has 0 saturated carbocycles. The van der Waals surface area contributed by atoms with Gasteiger partial charge in [-0.1, -0.05) is 53.5 Å². The molecule has 0 spiro atoms. The van der Waals surface area contributed by atoms with Gasteiger partial charge in [-0.25, -0.2) is 4.99 Å². The third-order valence-electron chi connectivity index (χ3n) is 5.39. The minimum absolute atomic E-state index is 0.237. The van der Waals surface area contributed by atoms with Crippen molar-refractivity contribution in [3.8, 4) is 0 Å². The lowest BCUT2D eigenvalue weighted by Gasteiger charge is -2.34. The van der Waals surface area contributed by atoms with Crippen LogP contribution in [0.4, 0.5) is 45.2 Å².